The van der Waals surface area contributed by atoms with Gasteiger partial charge in [-0.1, -0.05) is 154 Å². The van der Waals surface area contributed by atoms with Crippen LogP contribution in [0, 0.1) is 0 Å². The Balaban J connectivity index is 3.67. The van der Waals surface area contributed by atoms with Crippen molar-refractivity contribution in [3.63, 3.8) is 0 Å². The Kier molecular flexibility index (Phi) is 34.1. The predicted molar refractivity (Wildman–Crippen MR) is 186 cm³/mol. The first-order chi connectivity index (χ1) is 21.1. The zero-order valence-corrected chi connectivity index (χ0v) is 29.0. The van der Waals surface area contributed by atoms with Crippen molar-refractivity contribution in [1.29, 1.82) is 0 Å². The van der Waals surface area contributed by atoms with Gasteiger partial charge in [-0.05, 0) is 64.2 Å². The van der Waals surface area contributed by atoms with Crippen LogP contribution in [-0.4, -0.2) is 23.1 Å². The van der Waals surface area contributed by atoms with E-state index in [1.54, 1.807) is 0 Å². The number of carbonyl (C=O) groups excluding carboxylic acids is 1. The average molecular weight is 607 g/mol. The highest BCUT2D eigenvalue weighted by Gasteiger charge is 2.14. The molecule has 0 heterocycles. The van der Waals surface area contributed by atoms with Crippen LogP contribution in [0.3, 0.4) is 0 Å². The van der Waals surface area contributed by atoms with Crippen molar-refractivity contribution >= 4 is 11.9 Å². The van der Waals surface area contributed by atoms with Gasteiger partial charge in [-0.15, -0.1) is 0 Å². The molecule has 0 aliphatic carbocycles. The van der Waals surface area contributed by atoms with Gasteiger partial charge in [0.1, 0.15) is 6.10 Å². The minimum absolute atomic E-state index is 0.0175. The maximum atomic E-state index is 12.5. The largest absolute Gasteiger partial charge is 0.481 e. The quantitative estimate of drug-likeness (QED) is 0.0443. The lowest BCUT2D eigenvalue weighted by atomic mass is 10.0. The van der Waals surface area contributed by atoms with E-state index in [2.05, 4.69) is 26.0 Å². The van der Waals surface area contributed by atoms with E-state index in [1.165, 1.54) is 135 Å². The summed E-state index contributed by atoms with van der Waals surface area (Å²) in [6.45, 7) is 4.50. The number of rotatable bonds is 35. The maximum Gasteiger partial charge on any atom is 0.306 e. The average Bonchev–Trinajstić information content (AvgIpc) is 2.99. The molecule has 0 aliphatic heterocycles. The van der Waals surface area contributed by atoms with Gasteiger partial charge in [-0.25, -0.2) is 0 Å². The molecule has 4 nitrogen and oxygen atoms in total. The second kappa shape index (κ2) is 35.2. The van der Waals surface area contributed by atoms with Gasteiger partial charge in [0.05, 0.1) is 0 Å². The predicted octanol–water partition coefficient (Wildman–Crippen LogP) is 13.1. The molecular weight excluding hydrogens is 532 g/mol. The van der Waals surface area contributed by atoms with Crippen LogP contribution in [0.2, 0.25) is 0 Å². The van der Waals surface area contributed by atoms with Crippen molar-refractivity contribution < 1.29 is 19.4 Å². The van der Waals surface area contributed by atoms with E-state index >= 15 is 0 Å². The monoisotopic (exact) mass is 607 g/mol. The topological polar surface area (TPSA) is 63.6 Å². The Morgan fingerprint density at radius 2 is 0.837 bits per heavy atom. The van der Waals surface area contributed by atoms with Gasteiger partial charge in [0.15, 0.2) is 0 Å². The van der Waals surface area contributed by atoms with Crippen molar-refractivity contribution in [2.75, 3.05) is 0 Å². The molecule has 1 atom stereocenters. The van der Waals surface area contributed by atoms with Crippen molar-refractivity contribution in [2.24, 2.45) is 0 Å². The minimum Gasteiger partial charge on any atom is -0.481 e. The lowest BCUT2D eigenvalue weighted by Crippen LogP contribution is -2.18. The van der Waals surface area contributed by atoms with Crippen molar-refractivity contribution in [2.45, 2.75) is 225 Å². The summed E-state index contributed by atoms with van der Waals surface area (Å²) in [6.07, 6.45) is 42.6. The van der Waals surface area contributed by atoms with E-state index in [0.717, 1.165) is 57.8 Å². The first-order valence-electron chi connectivity index (χ1n) is 19.2. The summed E-state index contributed by atoms with van der Waals surface area (Å²) >= 11 is 0. The first kappa shape index (κ1) is 41.7. The van der Waals surface area contributed by atoms with Gasteiger partial charge in [0, 0.05) is 12.8 Å². The fourth-order valence-electron chi connectivity index (χ4n) is 5.89. The van der Waals surface area contributed by atoms with E-state index < -0.39 is 5.97 Å². The number of carboxylic acid groups (broad SMARTS) is 1. The van der Waals surface area contributed by atoms with E-state index in [0.29, 0.717) is 12.8 Å². The molecule has 0 fully saturated rings. The van der Waals surface area contributed by atoms with Gasteiger partial charge >= 0.3 is 11.9 Å². The van der Waals surface area contributed by atoms with Crippen molar-refractivity contribution in [3.05, 3.63) is 12.2 Å². The molecule has 0 spiro atoms. The van der Waals surface area contributed by atoms with Crippen LogP contribution in [0.15, 0.2) is 12.2 Å². The molecule has 1 unspecified atom stereocenters. The summed E-state index contributed by atoms with van der Waals surface area (Å²) in [6, 6.07) is 0. The van der Waals surface area contributed by atoms with E-state index in [9.17, 15) is 9.59 Å². The minimum atomic E-state index is -0.682. The smallest absolute Gasteiger partial charge is 0.306 e. The standard InChI is InChI=1S/C39H74O4/c1-3-5-7-8-9-10-11-12-13-14-15-16-17-18-19-20-25-28-32-36-39(42)43-37(33-29-6-4-2)34-30-26-23-21-22-24-27-31-35-38(40)41/h12-13,37H,3-11,14-36H2,1-2H3,(H,40,41)/b13-12-. The van der Waals surface area contributed by atoms with E-state index in [-0.39, 0.29) is 12.1 Å². The molecule has 0 bridgehead atoms. The van der Waals surface area contributed by atoms with Crippen LogP contribution >= 0.6 is 0 Å². The number of aliphatic carboxylic acids is 1. The number of ether oxygens (including phenoxy) is 1. The number of hydrogen-bond acceptors (Lipinski definition) is 3. The molecular formula is C39H74O4. The Hall–Kier alpha value is -1.32. The zero-order chi connectivity index (χ0) is 31.5. The number of hydrogen-bond donors (Lipinski definition) is 1. The van der Waals surface area contributed by atoms with Gasteiger partial charge in [-0.2, -0.15) is 0 Å². The fraction of sp³-hybridized carbons (Fsp3) is 0.897. The fourth-order valence-corrected chi connectivity index (χ4v) is 5.89. The number of esters is 1. The zero-order valence-electron chi connectivity index (χ0n) is 29.0. The van der Waals surface area contributed by atoms with Crippen molar-refractivity contribution in [3.8, 4) is 0 Å². The summed E-state index contributed by atoms with van der Waals surface area (Å²) in [4.78, 5) is 23.1. The van der Waals surface area contributed by atoms with Gasteiger partial charge in [-0.3, -0.25) is 9.59 Å². The summed E-state index contributed by atoms with van der Waals surface area (Å²) in [5, 5.41) is 8.70. The van der Waals surface area contributed by atoms with Crippen LogP contribution in [-0.2, 0) is 14.3 Å². The second-order valence-electron chi connectivity index (χ2n) is 13.1. The Bertz CT molecular complexity index is 614. The van der Waals surface area contributed by atoms with E-state index in [4.69, 9.17) is 9.84 Å². The summed E-state index contributed by atoms with van der Waals surface area (Å²) in [5.74, 6) is -0.665. The van der Waals surface area contributed by atoms with Crippen molar-refractivity contribution in [1.82, 2.24) is 0 Å². The maximum absolute atomic E-state index is 12.5. The number of unbranched alkanes of at least 4 members (excludes halogenated alkanes) is 24. The molecule has 0 aliphatic rings. The van der Waals surface area contributed by atoms with Gasteiger partial charge < -0.3 is 9.84 Å². The highest BCUT2D eigenvalue weighted by atomic mass is 16.5. The molecule has 254 valence electrons. The second-order valence-corrected chi connectivity index (χ2v) is 13.1. The molecule has 0 amide bonds. The third-order valence-corrected chi connectivity index (χ3v) is 8.74. The molecule has 0 rings (SSSR count). The van der Waals surface area contributed by atoms with Gasteiger partial charge in [0.2, 0.25) is 0 Å². The molecule has 0 saturated heterocycles. The molecule has 4 heteroatoms. The number of allylic oxidation sites excluding steroid dienone is 2. The van der Waals surface area contributed by atoms with Gasteiger partial charge in [0.25, 0.3) is 0 Å². The normalized spacial score (nSPS) is 12.2. The Labute approximate surface area is 268 Å². The molecule has 0 aromatic carbocycles. The molecule has 1 N–H and O–H groups in total. The van der Waals surface area contributed by atoms with Crippen LogP contribution < -0.4 is 0 Å². The Morgan fingerprint density at radius 3 is 1.30 bits per heavy atom. The third kappa shape index (κ3) is 35.0. The SMILES string of the molecule is CCCCCCCC/C=C\CCCCCCCCCCCC(=O)OC(CCCCC)CCCCCCCCCCC(=O)O. The summed E-state index contributed by atoms with van der Waals surface area (Å²) in [5.41, 5.74) is 0. The lowest BCUT2D eigenvalue weighted by Gasteiger charge is -2.18. The molecule has 43 heavy (non-hydrogen) atoms. The molecule has 0 saturated carbocycles. The molecule has 0 radical (unpaired) electrons. The highest BCUT2D eigenvalue weighted by Crippen LogP contribution is 2.18. The summed E-state index contributed by atoms with van der Waals surface area (Å²) < 4.78 is 5.93. The summed E-state index contributed by atoms with van der Waals surface area (Å²) in [7, 11) is 0. The molecule has 0 aromatic heterocycles. The van der Waals surface area contributed by atoms with Crippen LogP contribution in [0.1, 0.15) is 219 Å². The molecule has 0 aromatic rings. The lowest BCUT2D eigenvalue weighted by molar-refractivity contribution is -0.150. The Morgan fingerprint density at radius 1 is 0.488 bits per heavy atom. The van der Waals surface area contributed by atoms with E-state index in [1.807, 2.05) is 0 Å². The first-order valence-corrected chi connectivity index (χ1v) is 19.2. The van der Waals surface area contributed by atoms with Crippen LogP contribution in [0.4, 0.5) is 0 Å². The highest BCUT2D eigenvalue weighted by molar-refractivity contribution is 5.69. The van der Waals surface area contributed by atoms with Crippen LogP contribution in [0.5, 0.6) is 0 Å². The number of carboxylic acids is 1. The van der Waals surface area contributed by atoms with Crippen LogP contribution in [0.25, 0.3) is 0 Å². The third-order valence-electron chi connectivity index (χ3n) is 8.74. The number of carbonyl (C=O) groups is 2.